The molecule has 0 amide bonds. The summed E-state index contributed by atoms with van der Waals surface area (Å²) in [5.74, 6) is 1.43. The second-order valence-electron chi connectivity index (χ2n) is 3.19. The molecular weight excluding hydrogens is 184 g/mol. The van der Waals surface area contributed by atoms with Gasteiger partial charge < -0.3 is 5.11 Å². The van der Waals surface area contributed by atoms with Crippen molar-refractivity contribution < 1.29 is 9.90 Å². The molecule has 0 spiro atoms. The Balaban J connectivity index is 2.57. The van der Waals surface area contributed by atoms with Crippen LogP contribution in [-0.4, -0.2) is 22.6 Å². The second-order valence-corrected chi connectivity index (χ2v) is 4.29. The van der Waals surface area contributed by atoms with Crippen molar-refractivity contribution >= 4 is 17.7 Å². The van der Waals surface area contributed by atoms with Crippen molar-refractivity contribution in [3.63, 3.8) is 0 Å². The van der Waals surface area contributed by atoms with Crippen LogP contribution in [0.5, 0.6) is 0 Å². The highest BCUT2D eigenvalue weighted by Gasteiger charge is 2.05. The number of carboxylic acid groups (broad SMARTS) is 1. The molecule has 1 rings (SSSR count). The summed E-state index contributed by atoms with van der Waals surface area (Å²) < 4.78 is 0. The van der Waals surface area contributed by atoms with Crippen molar-refractivity contribution in [2.24, 2.45) is 0 Å². The molecule has 1 aliphatic rings. The SMILES string of the molecule is CC(=C/C(=O)O)/C=C1\CCCSC1. The Morgan fingerprint density at radius 2 is 2.38 bits per heavy atom. The number of aliphatic carboxylic acids is 1. The van der Waals surface area contributed by atoms with Gasteiger partial charge in [0.25, 0.3) is 0 Å². The van der Waals surface area contributed by atoms with E-state index in [0.717, 1.165) is 17.7 Å². The Morgan fingerprint density at radius 3 is 2.92 bits per heavy atom. The zero-order chi connectivity index (χ0) is 9.68. The van der Waals surface area contributed by atoms with E-state index >= 15 is 0 Å². The molecule has 1 saturated heterocycles. The third-order valence-electron chi connectivity index (χ3n) is 1.86. The van der Waals surface area contributed by atoms with E-state index in [2.05, 4.69) is 0 Å². The fourth-order valence-corrected chi connectivity index (χ4v) is 2.33. The lowest BCUT2D eigenvalue weighted by Gasteiger charge is -2.12. The van der Waals surface area contributed by atoms with E-state index in [9.17, 15) is 4.79 Å². The molecule has 0 aromatic rings. The molecule has 3 heteroatoms. The molecule has 0 atom stereocenters. The van der Waals surface area contributed by atoms with E-state index in [0.29, 0.717) is 0 Å². The molecule has 1 N–H and O–H groups in total. The van der Waals surface area contributed by atoms with Crippen molar-refractivity contribution in [1.29, 1.82) is 0 Å². The topological polar surface area (TPSA) is 37.3 Å². The fourth-order valence-electron chi connectivity index (χ4n) is 1.35. The number of rotatable bonds is 2. The predicted octanol–water partition coefficient (Wildman–Crippen LogP) is 2.47. The molecule has 1 heterocycles. The molecule has 1 fully saturated rings. The lowest BCUT2D eigenvalue weighted by molar-refractivity contribution is -0.131. The summed E-state index contributed by atoms with van der Waals surface area (Å²) in [4.78, 5) is 10.3. The average molecular weight is 198 g/mol. The van der Waals surface area contributed by atoms with Gasteiger partial charge in [0, 0.05) is 11.8 Å². The van der Waals surface area contributed by atoms with Crippen LogP contribution in [0, 0.1) is 0 Å². The molecule has 0 aromatic heterocycles. The molecule has 0 aromatic carbocycles. The molecule has 72 valence electrons. The van der Waals surface area contributed by atoms with Crippen LogP contribution >= 0.6 is 11.8 Å². The van der Waals surface area contributed by atoms with E-state index in [-0.39, 0.29) is 0 Å². The van der Waals surface area contributed by atoms with Gasteiger partial charge in [-0.3, -0.25) is 0 Å². The van der Waals surface area contributed by atoms with Crippen molar-refractivity contribution in [2.45, 2.75) is 19.8 Å². The van der Waals surface area contributed by atoms with Crippen LogP contribution in [0.25, 0.3) is 0 Å². The average Bonchev–Trinajstić information content (AvgIpc) is 2.04. The van der Waals surface area contributed by atoms with Gasteiger partial charge in [-0.15, -0.1) is 0 Å². The highest BCUT2D eigenvalue weighted by atomic mass is 32.2. The summed E-state index contributed by atoms with van der Waals surface area (Å²) in [6, 6.07) is 0. The van der Waals surface area contributed by atoms with Crippen LogP contribution in [0.2, 0.25) is 0 Å². The Hall–Kier alpha value is -0.700. The molecule has 2 nitrogen and oxygen atoms in total. The van der Waals surface area contributed by atoms with Gasteiger partial charge >= 0.3 is 5.97 Å². The highest BCUT2D eigenvalue weighted by Crippen LogP contribution is 2.22. The Morgan fingerprint density at radius 1 is 1.62 bits per heavy atom. The van der Waals surface area contributed by atoms with Crippen molar-refractivity contribution in [3.05, 3.63) is 23.3 Å². The third-order valence-corrected chi connectivity index (χ3v) is 3.01. The molecule has 0 saturated carbocycles. The van der Waals surface area contributed by atoms with Gasteiger partial charge in [-0.25, -0.2) is 4.79 Å². The summed E-state index contributed by atoms with van der Waals surface area (Å²) in [7, 11) is 0. The summed E-state index contributed by atoms with van der Waals surface area (Å²) in [6.07, 6.45) is 5.60. The molecule has 0 bridgehead atoms. The van der Waals surface area contributed by atoms with E-state index in [1.165, 1.54) is 23.8 Å². The molecule has 0 radical (unpaired) electrons. The van der Waals surface area contributed by atoms with Crippen molar-refractivity contribution in [1.82, 2.24) is 0 Å². The summed E-state index contributed by atoms with van der Waals surface area (Å²) in [6.45, 7) is 1.83. The van der Waals surface area contributed by atoms with Crippen LogP contribution in [0.3, 0.4) is 0 Å². The van der Waals surface area contributed by atoms with Gasteiger partial charge in [0.15, 0.2) is 0 Å². The normalized spacial score (nSPS) is 21.9. The maximum atomic E-state index is 10.3. The van der Waals surface area contributed by atoms with Crippen LogP contribution in [0.4, 0.5) is 0 Å². The first-order chi connectivity index (χ1) is 6.18. The fraction of sp³-hybridized carbons (Fsp3) is 0.500. The Bertz CT molecular complexity index is 246. The van der Waals surface area contributed by atoms with Crippen molar-refractivity contribution in [2.75, 3.05) is 11.5 Å². The monoisotopic (exact) mass is 198 g/mol. The van der Waals surface area contributed by atoms with Crippen molar-refractivity contribution in [3.8, 4) is 0 Å². The Labute approximate surface area is 82.7 Å². The smallest absolute Gasteiger partial charge is 0.328 e. The second kappa shape index (κ2) is 5.12. The molecular formula is C10H14O2S. The first-order valence-electron chi connectivity index (χ1n) is 4.37. The van der Waals surface area contributed by atoms with Gasteiger partial charge in [-0.05, 0) is 31.1 Å². The van der Waals surface area contributed by atoms with Gasteiger partial charge in [0.05, 0.1) is 0 Å². The van der Waals surface area contributed by atoms with Gasteiger partial charge in [0.2, 0.25) is 0 Å². The number of thioether (sulfide) groups is 1. The van der Waals surface area contributed by atoms with Crippen LogP contribution in [0.15, 0.2) is 23.3 Å². The highest BCUT2D eigenvalue weighted by molar-refractivity contribution is 7.99. The number of carbonyl (C=O) groups is 1. The van der Waals surface area contributed by atoms with E-state index < -0.39 is 5.97 Å². The maximum absolute atomic E-state index is 10.3. The zero-order valence-corrected chi connectivity index (χ0v) is 8.56. The molecule has 1 aliphatic heterocycles. The van der Waals surface area contributed by atoms with E-state index in [1.807, 2.05) is 24.8 Å². The number of allylic oxidation sites excluding steroid dienone is 2. The molecule has 0 aliphatic carbocycles. The quantitative estimate of drug-likeness (QED) is 0.692. The standard InChI is InChI=1S/C10H14O2S/c1-8(6-10(11)12)5-9-3-2-4-13-7-9/h5-6H,2-4,7H2,1H3,(H,11,12)/b8-6-,9-5+. The summed E-state index contributed by atoms with van der Waals surface area (Å²) >= 11 is 1.92. The summed E-state index contributed by atoms with van der Waals surface area (Å²) in [5, 5.41) is 8.50. The number of hydrogen-bond acceptors (Lipinski definition) is 2. The minimum Gasteiger partial charge on any atom is -0.478 e. The van der Waals surface area contributed by atoms with Crippen LogP contribution < -0.4 is 0 Å². The molecule has 13 heavy (non-hydrogen) atoms. The van der Waals surface area contributed by atoms with Crippen LogP contribution in [0.1, 0.15) is 19.8 Å². The van der Waals surface area contributed by atoms with E-state index in [4.69, 9.17) is 5.11 Å². The predicted molar refractivity (Wildman–Crippen MR) is 56.0 cm³/mol. The van der Waals surface area contributed by atoms with Gasteiger partial charge in [0.1, 0.15) is 0 Å². The number of hydrogen-bond donors (Lipinski definition) is 1. The third kappa shape index (κ3) is 4.18. The van der Waals surface area contributed by atoms with Gasteiger partial charge in [-0.1, -0.05) is 11.6 Å². The number of carboxylic acids is 1. The molecule has 0 unspecified atom stereocenters. The zero-order valence-electron chi connectivity index (χ0n) is 7.75. The minimum atomic E-state index is -0.863. The van der Waals surface area contributed by atoms with E-state index in [1.54, 1.807) is 0 Å². The summed E-state index contributed by atoms with van der Waals surface area (Å²) in [5.41, 5.74) is 2.20. The van der Waals surface area contributed by atoms with Crippen LogP contribution in [-0.2, 0) is 4.79 Å². The maximum Gasteiger partial charge on any atom is 0.328 e. The Kier molecular flexibility index (Phi) is 4.09. The first kappa shape index (κ1) is 10.4. The first-order valence-corrected chi connectivity index (χ1v) is 5.52. The lowest BCUT2D eigenvalue weighted by atomic mass is 10.1. The minimum absolute atomic E-state index is 0.838. The lowest BCUT2D eigenvalue weighted by Crippen LogP contribution is -1.99. The largest absolute Gasteiger partial charge is 0.478 e. The van der Waals surface area contributed by atoms with Gasteiger partial charge in [-0.2, -0.15) is 11.8 Å².